The van der Waals surface area contributed by atoms with Gasteiger partial charge in [-0.25, -0.2) is 4.98 Å². The molecule has 3 nitrogen and oxygen atoms in total. The van der Waals surface area contributed by atoms with Gasteiger partial charge in [-0.3, -0.25) is 9.36 Å². The Morgan fingerprint density at radius 1 is 1.23 bits per heavy atom. The van der Waals surface area contributed by atoms with Crippen LogP contribution >= 0.6 is 0 Å². The maximum atomic E-state index is 11.4. The average Bonchev–Trinajstić information content (AvgIpc) is 2.18. The van der Waals surface area contributed by atoms with Crippen molar-refractivity contribution in [3.05, 3.63) is 59.1 Å². The van der Waals surface area contributed by atoms with Crippen molar-refractivity contribution < 1.29 is 1.37 Å². The van der Waals surface area contributed by atoms with Crippen molar-refractivity contribution in [2.24, 2.45) is 0 Å². The smallest absolute Gasteiger partial charge is 0.256 e. The SMILES string of the molecule is [2H]c1cccc(-n2ccccc2=O)n1. The first-order chi connectivity index (χ1) is 6.77. The Balaban J connectivity index is 2.61. The fraction of sp³-hybridized carbons (Fsp3) is 0. The van der Waals surface area contributed by atoms with Gasteiger partial charge in [0.2, 0.25) is 0 Å². The topological polar surface area (TPSA) is 34.9 Å². The molecule has 2 rings (SSSR count). The van der Waals surface area contributed by atoms with Gasteiger partial charge in [0.25, 0.3) is 5.56 Å². The molecule has 2 aromatic rings. The second kappa shape index (κ2) is 3.23. The Kier molecular flexibility index (Phi) is 1.64. The molecule has 0 aliphatic heterocycles. The zero-order chi connectivity index (χ0) is 9.97. The first kappa shape index (κ1) is 6.60. The van der Waals surface area contributed by atoms with Crippen molar-refractivity contribution in [1.29, 1.82) is 0 Å². The zero-order valence-electron chi connectivity index (χ0n) is 7.84. The summed E-state index contributed by atoms with van der Waals surface area (Å²) >= 11 is 0. The molecule has 0 unspecified atom stereocenters. The van der Waals surface area contributed by atoms with Crippen LogP contribution in [0.5, 0.6) is 0 Å². The molecule has 0 saturated heterocycles. The molecule has 0 amide bonds. The van der Waals surface area contributed by atoms with E-state index in [4.69, 9.17) is 1.37 Å². The Morgan fingerprint density at radius 3 is 2.85 bits per heavy atom. The van der Waals surface area contributed by atoms with Gasteiger partial charge < -0.3 is 0 Å². The molecule has 64 valence electrons. The van der Waals surface area contributed by atoms with E-state index in [9.17, 15) is 4.79 Å². The molecule has 2 aromatic heterocycles. The summed E-state index contributed by atoms with van der Waals surface area (Å²) in [7, 11) is 0. The van der Waals surface area contributed by atoms with Crippen LogP contribution in [0.2, 0.25) is 0 Å². The van der Waals surface area contributed by atoms with Gasteiger partial charge in [0.15, 0.2) is 0 Å². The molecule has 0 radical (unpaired) electrons. The first-order valence-corrected chi connectivity index (χ1v) is 3.89. The number of hydrogen-bond donors (Lipinski definition) is 0. The molecule has 0 aliphatic rings. The van der Waals surface area contributed by atoms with Gasteiger partial charge in [0, 0.05) is 18.4 Å². The molecule has 3 heteroatoms. The summed E-state index contributed by atoms with van der Waals surface area (Å²) < 4.78 is 8.73. The van der Waals surface area contributed by atoms with Gasteiger partial charge in [-0.2, -0.15) is 0 Å². The van der Waals surface area contributed by atoms with Gasteiger partial charge >= 0.3 is 0 Å². The van der Waals surface area contributed by atoms with Crippen LogP contribution in [0.1, 0.15) is 1.37 Å². The number of aromatic nitrogens is 2. The molecular weight excluding hydrogens is 164 g/mol. The van der Waals surface area contributed by atoms with Crippen LogP contribution in [0, 0.1) is 0 Å². The fourth-order valence-corrected chi connectivity index (χ4v) is 1.07. The molecule has 2 heterocycles. The molecule has 0 fully saturated rings. The van der Waals surface area contributed by atoms with Crippen LogP contribution in [0.4, 0.5) is 0 Å². The van der Waals surface area contributed by atoms with Crippen molar-refractivity contribution in [2.75, 3.05) is 0 Å². The van der Waals surface area contributed by atoms with Crippen LogP contribution in [-0.2, 0) is 0 Å². The van der Waals surface area contributed by atoms with Crippen molar-refractivity contribution in [3.8, 4) is 5.82 Å². The quantitative estimate of drug-likeness (QED) is 0.650. The second-order valence-corrected chi connectivity index (χ2v) is 2.53. The second-order valence-electron chi connectivity index (χ2n) is 2.53. The van der Waals surface area contributed by atoms with E-state index >= 15 is 0 Å². The molecule has 0 bridgehead atoms. The highest BCUT2D eigenvalue weighted by atomic mass is 16.1. The van der Waals surface area contributed by atoms with E-state index in [0.29, 0.717) is 5.82 Å². The summed E-state index contributed by atoms with van der Waals surface area (Å²) in [6.45, 7) is 0. The number of nitrogens with zero attached hydrogens (tertiary/aromatic N) is 2. The zero-order valence-corrected chi connectivity index (χ0v) is 6.84. The molecule has 13 heavy (non-hydrogen) atoms. The predicted octanol–water partition coefficient (Wildman–Crippen LogP) is 1.23. The van der Waals surface area contributed by atoms with Crippen molar-refractivity contribution in [1.82, 2.24) is 9.55 Å². The molecule has 0 atom stereocenters. The Hall–Kier alpha value is -1.90. The highest BCUT2D eigenvalue weighted by Gasteiger charge is 1.95. The van der Waals surface area contributed by atoms with E-state index in [1.807, 2.05) is 0 Å². The van der Waals surface area contributed by atoms with E-state index < -0.39 is 0 Å². The minimum absolute atomic E-state index is 0.148. The molecule has 0 saturated carbocycles. The normalized spacial score (nSPS) is 10.9. The van der Waals surface area contributed by atoms with E-state index in [0.717, 1.165) is 0 Å². The third-order valence-electron chi connectivity index (χ3n) is 1.66. The minimum atomic E-state index is -0.148. The van der Waals surface area contributed by atoms with Gasteiger partial charge in [0.1, 0.15) is 5.82 Å². The monoisotopic (exact) mass is 173 g/mol. The Bertz CT molecular complexity index is 507. The van der Waals surface area contributed by atoms with E-state index in [2.05, 4.69) is 4.98 Å². The molecule has 0 aliphatic carbocycles. The van der Waals surface area contributed by atoms with Crippen LogP contribution in [0.15, 0.2) is 53.6 Å². The number of pyridine rings is 2. The van der Waals surface area contributed by atoms with Crippen molar-refractivity contribution in [2.45, 2.75) is 0 Å². The van der Waals surface area contributed by atoms with Crippen LogP contribution in [-0.4, -0.2) is 9.55 Å². The maximum Gasteiger partial charge on any atom is 0.256 e. The molecule has 0 N–H and O–H groups in total. The third-order valence-corrected chi connectivity index (χ3v) is 1.66. The van der Waals surface area contributed by atoms with Crippen molar-refractivity contribution in [3.63, 3.8) is 0 Å². The lowest BCUT2D eigenvalue weighted by Crippen LogP contribution is -2.16. The van der Waals surface area contributed by atoms with Crippen LogP contribution in [0.3, 0.4) is 0 Å². The molecular formula is C10H8N2O. The largest absolute Gasteiger partial charge is 0.269 e. The van der Waals surface area contributed by atoms with Gasteiger partial charge in [-0.05, 0) is 18.2 Å². The number of rotatable bonds is 1. The molecule has 0 spiro atoms. The summed E-state index contributed by atoms with van der Waals surface area (Å²) in [6.07, 6.45) is 1.78. The first-order valence-electron chi connectivity index (χ1n) is 4.39. The van der Waals surface area contributed by atoms with Crippen LogP contribution in [0.25, 0.3) is 5.82 Å². The summed E-state index contributed by atoms with van der Waals surface area (Å²) in [4.78, 5) is 15.3. The highest BCUT2D eigenvalue weighted by molar-refractivity contribution is 5.21. The number of hydrogen-bond acceptors (Lipinski definition) is 2. The Morgan fingerprint density at radius 2 is 2.08 bits per heavy atom. The fourth-order valence-electron chi connectivity index (χ4n) is 1.07. The maximum absolute atomic E-state index is 11.4. The van der Waals surface area contributed by atoms with Gasteiger partial charge in [-0.1, -0.05) is 12.1 Å². The lowest BCUT2D eigenvalue weighted by molar-refractivity contribution is 0.941. The predicted molar refractivity (Wildman–Crippen MR) is 49.8 cm³/mol. The van der Waals surface area contributed by atoms with Crippen LogP contribution < -0.4 is 5.56 Å². The average molecular weight is 173 g/mol. The van der Waals surface area contributed by atoms with E-state index in [1.54, 1.807) is 36.5 Å². The van der Waals surface area contributed by atoms with Crippen molar-refractivity contribution >= 4 is 0 Å². The summed E-state index contributed by atoms with van der Waals surface area (Å²) in [5.41, 5.74) is -0.148. The van der Waals surface area contributed by atoms with Gasteiger partial charge in [0.05, 0.1) is 1.37 Å². The lowest BCUT2D eigenvalue weighted by atomic mass is 10.4. The highest BCUT2D eigenvalue weighted by Crippen LogP contribution is 1.97. The Labute approximate surface area is 76.7 Å². The summed E-state index contributed by atoms with van der Waals surface area (Å²) in [6, 6.07) is 9.84. The summed E-state index contributed by atoms with van der Waals surface area (Å²) in [5.74, 6) is 0.475. The third kappa shape index (κ3) is 1.49. The summed E-state index contributed by atoms with van der Waals surface area (Å²) in [5, 5.41) is 0. The minimum Gasteiger partial charge on any atom is -0.269 e. The van der Waals surface area contributed by atoms with Gasteiger partial charge in [-0.15, -0.1) is 0 Å². The lowest BCUT2D eigenvalue weighted by Gasteiger charge is -2.01. The van der Waals surface area contributed by atoms with E-state index in [-0.39, 0.29) is 11.7 Å². The molecule has 0 aromatic carbocycles. The standard InChI is InChI=1S/C10H8N2O/c13-10-6-2-4-8-12(10)9-5-1-3-7-11-9/h1-8H/i7D. The van der Waals surface area contributed by atoms with E-state index in [1.165, 1.54) is 10.6 Å².